The Bertz CT molecular complexity index is 1500. The number of hydrazine groups is 1. The number of nitrogens with zero attached hydrogens (tertiary/aromatic N) is 2. The van der Waals surface area contributed by atoms with Gasteiger partial charge in [0, 0.05) is 18.2 Å². The highest BCUT2D eigenvalue weighted by Gasteiger charge is 2.49. The highest BCUT2D eigenvalue weighted by molar-refractivity contribution is 7.92. The lowest BCUT2D eigenvalue weighted by Gasteiger charge is -2.22. The average molecular weight is 548 g/mol. The van der Waals surface area contributed by atoms with Gasteiger partial charge >= 0.3 is 11.5 Å². The summed E-state index contributed by atoms with van der Waals surface area (Å²) >= 11 is 0. The van der Waals surface area contributed by atoms with Gasteiger partial charge in [0.15, 0.2) is 0 Å². The Kier molecular flexibility index (Phi) is 6.84. The van der Waals surface area contributed by atoms with Crippen LogP contribution in [0.15, 0.2) is 77.8 Å². The van der Waals surface area contributed by atoms with Crippen molar-refractivity contribution in [2.75, 3.05) is 10.3 Å². The molecule has 0 saturated carbocycles. The third-order valence-electron chi connectivity index (χ3n) is 5.69. The maximum absolute atomic E-state index is 13.2. The highest BCUT2D eigenvalue weighted by Crippen LogP contribution is 2.33. The molecule has 1 aromatic heterocycles. The predicted octanol–water partition coefficient (Wildman–Crippen LogP) is 3.19. The fourth-order valence-electron chi connectivity index (χ4n) is 3.79. The normalized spacial score (nSPS) is 17.7. The lowest BCUT2D eigenvalue weighted by atomic mass is 9.93. The summed E-state index contributed by atoms with van der Waals surface area (Å²) in [6.07, 6.45) is 1.45. The van der Waals surface area contributed by atoms with Gasteiger partial charge in [-0.05, 0) is 61.0 Å². The SMILES string of the molecule is CC1(Cc2ccnc(NNC(=O)c3ccccc3)c2)NC(=O)N(c2ccc(S(=O)(=O)C(F)(F)F)cc2)C1=O. The first kappa shape index (κ1) is 26.6. The number of alkyl halides is 3. The maximum atomic E-state index is 13.2. The summed E-state index contributed by atoms with van der Waals surface area (Å²) in [6.45, 7) is 1.47. The molecule has 4 rings (SSSR count). The van der Waals surface area contributed by atoms with Gasteiger partial charge < -0.3 is 5.32 Å². The van der Waals surface area contributed by atoms with Crippen molar-refractivity contribution in [2.24, 2.45) is 0 Å². The van der Waals surface area contributed by atoms with E-state index in [4.69, 9.17) is 0 Å². The molecule has 14 heteroatoms. The molecule has 1 fully saturated rings. The van der Waals surface area contributed by atoms with Crippen molar-refractivity contribution in [1.29, 1.82) is 0 Å². The van der Waals surface area contributed by atoms with Crippen LogP contribution in [0.4, 0.5) is 29.5 Å². The summed E-state index contributed by atoms with van der Waals surface area (Å²) < 4.78 is 61.6. The Labute approximate surface area is 214 Å². The molecule has 1 atom stereocenters. The minimum Gasteiger partial charge on any atom is -0.323 e. The van der Waals surface area contributed by atoms with Crippen molar-refractivity contribution in [3.63, 3.8) is 0 Å². The van der Waals surface area contributed by atoms with Crippen molar-refractivity contribution < 1.29 is 36.0 Å². The van der Waals surface area contributed by atoms with E-state index in [1.54, 1.807) is 42.5 Å². The average Bonchev–Trinajstić information content (AvgIpc) is 3.09. The minimum atomic E-state index is -5.58. The summed E-state index contributed by atoms with van der Waals surface area (Å²) in [5.74, 6) is -0.823. The zero-order valence-electron chi connectivity index (χ0n) is 19.6. The van der Waals surface area contributed by atoms with E-state index in [0.29, 0.717) is 23.3 Å². The quantitative estimate of drug-likeness (QED) is 0.305. The first-order valence-corrected chi connectivity index (χ1v) is 12.4. The third kappa shape index (κ3) is 5.16. The molecule has 38 heavy (non-hydrogen) atoms. The van der Waals surface area contributed by atoms with Gasteiger partial charge in [-0.25, -0.2) is 23.1 Å². The number of nitrogens with one attached hydrogen (secondary N) is 3. The number of benzene rings is 2. The van der Waals surface area contributed by atoms with Crippen LogP contribution in [0.5, 0.6) is 0 Å². The number of hydrogen-bond acceptors (Lipinski definition) is 7. The Morgan fingerprint density at radius 1 is 1.05 bits per heavy atom. The number of anilines is 2. The number of rotatable bonds is 7. The number of sulfone groups is 1. The van der Waals surface area contributed by atoms with Crippen LogP contribution in [0.25, 0.3) is 0 Å². The van der Waals surface area contributed by atoms with Crippen molar-refractivity contribution in [2.45, 2.75) is 29.3 Å². The van der Waals surface area contributed by atoms with Crippen LogP contribution in [-0.4, -0.2) is 42.3 Å². The number of urea groups is 1. The molecule has 0 spiro atoms. The molecule has 1 aliphatic heterocycles. The van der Waals surface area contributed by atoms with Crippen LogP contribution in [0.2, 0.25) is 0 Å². The molecular formula is C24H20F3N5O5S. The fraction of sp³-hybridized carbons (Fsp3) is 0.167. The summed E-state index contributed by atoms with van der Waals surface area (Å²) in [6, 6.07) is 14.1. The molecule has 1 aliphatic rings. The molecule has 0 aliphatic carbocycles. The van der Waals surface area contributed by atoms with Gasteiger partial charge in [-0.2, -0.15) is 13.2 Å². The molecule has 0 bridgehead atoms. The smallest absolute Gasteiger partial charge is 0.323 e. The second-order valence-electron chi connectivity index (χ2n) is 8.52. The largest absolute Gasteiger partial charge is 0.501 e. The van der Waals surface area contributed by atoms with Crippen LogP contribution in [0, 0.1) is 0 Å². The van der Waals surface area contributed by atoms with Gasteiger partial charge in [0.05, 0.1) is 10.6 Å². The van der Waals surface area contributed by atoms with E-state index in [9.17, 15) is 36.0 Å². The summed E-state index contributed by atoms with van der Waals surface area (Å²) in [5.41, 5.74) is -0.840. The first-order chi connectivity index (χ1) is 17.8. The third-order valence-corrected chi connectivity index (χ3v) is 7.20. The lowest BCUT2D eigenvalue weighted by Crippen LogP contribution is -2.46. The molecule has 2 heterocycles. The van der Waals surface area contributed by atoms with Crippen molar-refractivity contribution in [3.8, 4) is 0 Å². The van der Waals surface area contributed by atoms with Gasteiger partial charge in [0.1, 0.15) is 11.4 Å². The molecule has 2 aromatic carbocycles. The van der Waals surface area contributed by atoms with E-state index in [-0.39, 0.29) is 17.9 Å². The van der Waals surface area contributed by atoms with Crippen molar-refractivity contribution in [1.82, 2.24) is 15.7 Å². The van der Waals surface area contributed by atoms with Gasteiger partial charge in [-0.3, -0.25) is 20.4 Å². The van der Waals surface area contributed by atoms with Crippen LogP contribution >= 0.6 is 0 Å². The molecule has 10 nitrogen and oxygen atoms in total. The summed E-state index contributed by atoms with van der Waals surface area (Å²) in [7, 11) is -5.58. The Morgan fingerprint density at radius 3 is 2.34 bits per heavy atom. The second-order valence-corrected chi connectivity index (χ2v) is 10.5. The molecule has 1 unspecified atom stereocenters. The number of carbonyl (C=O) groups excluding carboxylic acids is 3. The summed E-state index contributed by atoms with van der Waals surface area (Å²) in [5, 5.41) is 2.57. The van der Waals surface area contributed by atoms with Crippen LogP contribution in [-0.2, 0) is 21.1 Å². The number of amides is 4. The Hall–Kier alpha value is -4.46. The standard InChI is InChI=1S/C24H20F3N5O5S/c1-23(14-15-11-12-28-19(13-15)30-31-20(33)16-5-3-2-4-6-16)21(34)32(22(35)29-23)17-7-9-18(10-8-17)38(36,37)24(25,26)27/h2-13H,14H2,1H3,(H,28,30)(H,29,35)(H,31,33). The van der Waals surface area contributed by atoms with E-state index in [2.05, 4.69) is 21.2 Å². The van der Waals surface area contributed by atoms with Crippen LogP contribution in [0.3, 0.4) is 0 Å². The predicted molar refractivity (Wildman–Crippen MR) is 130 cm³/mol. The Morgan fingerprint density at radius 2 is 1.71 bits per heavy atom. The maximum Gasteiger partial charge on any atom is 0.501 e. The number of imide groups is 1. The lowest BCUT2D eigenvalue weighted by molar-refractivity contribution is -0.121. The van der Waals surface area contributed by atoms with Crippen molar-refractivity contribution in [3.05, 3.63) is 84.1 Å². The van der Waals surface area contributed by atoms with Crippen LogP contribution < -0.4 is 21.1 Å². The van der Waals surface area contributed by atoms with Gasteiger partial charge in [0.25, 0.3) is 21.7 Å². The van der Waals surface area contributed by atoms with Gasteiger partial charge in [-0.1, -0.05) is 18.2 Å². The first-order valence-electron chi connectivity index (χ1n) is 11.0. The number of carbonyl (C=O) groups is 3. The summed E-state index contributed by atoms with van der Waals surface area (Å²) in [4.78, 5) is 41.9. The fourth-order valence-corrected chi connectivity index (χ4v) is 4.55. The Balaban J connectivity index is 1.47. The van der Waals surface area contributed by atoms with E-state index in [1.165, 1.54) is 13.1 Å². The van der Waals surface area contributed by atoms with Gasteiger partial charge in [-0.15, -0.1) is 0 Å². The molecule has 4 amide bonds. The molecule has 3 aromatic rings. The number of aromatic nitrogens is 1. The molecule has 3 N–H and O–H groups in total. The van der Waals surface area contributed by atoms with E-state index < -0.39 is 43.6 Å². The molecule has 1 saturated heterocycles. The number of pyridine rings is 1. The van der Waals surface area contributed by atoms with E-state index in [0.717, 1.165) is 17.0 Å². The topological polar surface area (TPSA) is 138 Å². The van der Waals surface area contributed by atoms with Crippen molar-refractivity contribution >= 4 is 39.2 Å². The second kappa shape index (κ2) is 9.78. The zero-order valence-corrected chi connectivity index (χ0v) is 20.4. The number of halogens is 3. The monoisotopic (exact) mass is 547 g/mol. The molecular weight excluding hydrogens is 527 g/mol. The highest BCUT2D eigenvalue weighted by atomic mass is 32.2. The van der Waals surface area contributed by atoms with E-state index >= 15 is 0 Å². The van der Waals surface area contributed by atoms with Gasteiger partial charge in [0.2, 0.25) is 0 Å². The minimum absolute atomic E-state index is 0.0123. The molecule has 198 valence electrons. The molecule has 0 radical (unpaired) electrons. The zero-order chi connectivity index (χ0) is 27.7. The number of hydrogen-bond donors (Lipinski definition) is 3. The van der Waals surface area contributed by atoms with Crippen LogP contribution in [0.1, 0.15) is 22.8 Å². The van der Waals surface area contributed by atoms with E-state index in [1.807, 2.05) is 0 Å².